The third-order valence-electron chi connectivity index (χ3n) is 3.52. The van der Waals surface area contributed by atoms with Gasteiger partial charge in [-0.25, -0.2) is 8.42 Å². The Morgan fingerprint density at radius 3 is 2.43 bits per heavy atom. The van der Waals surface area contributed by atoms with Crippen molar-refractivity contribution >= 4 is 39.9 Å². The number of hydrogen-bond acceptors (Lipinski definition) is 4. The van der Waals surface area contributed by atoms with Crippen LogP contribution >= 0.6 is 24.0 Å². The maximum Gasteiger partial charge on any atom is 0.243 e. The summed E-state index contributed by atoms with van der Waals surface area (Å²) in [4.78, 5) is 13.8. The molecule has 130 valence electrons. The van der Waals surface area contributed by atoms with E-state index in [1.165, 1.54) is 16.4 Å². The van der Waals surface area contributed by atoms with Crippen molar-refractivity contribution in [1.29, 1.82) is 0 Å². The zero-order valence-electron chi connectivity index (χ0n) is 12.8. The van der Waals surface area contributed by atoms with Gasteiger partial charge >= 0.3 is 0 Å². The SMILES string of the molecule is CC(N)CC(=O)N1CCN(S(=O)(=O)c2cccc(Cl)c2)CC1.Cl. The van der Waals surface area contributed by atoms with Gasteiger partial charge in [0.1, 0.15) is 0 Å². The van der Waals surface area contributed by atoms with E-state index in [-0.39, 0.29) is 48.8 Å². The summed E-state index contributed by atoms with van der Waals surface area (Å²) >= 11 is 5.86. The second-order valence-corrected chi connectivity index (χ2v) is 7.80. The highest BCUT2D eigenvalue weighted by Gasteiger charge is 2.30. The minimum atomic E-state index is -3.57. The molecule has 0 saturated carbocycles. The topological polar surface area (TPSA) is 83.7 Å². The van der Waals surface area contributed by atoms with Crippen molar-refractivity contribution in [3.8, 4) is 0 Å². The Morgan fingerprint density at radius 1 is 1.30 bits per heavy atom. The Kier molecular flexibility index (Phi) is 7.29. The van der Waals surface area contributed by atoms with Crippen LogP contribution in [0.3, 0.4) is 0 Å². The van der Waals surface area contributed by atoms with E-state index in [2.05, 4.69) is 0 Å². The number of amides is 1. The van der Waals surface area contributed by atoms with Crippen molar-refractivity contribution in [3.05, 3.63) is 29.3 Å². The quantitative estimate of drug-likeness (QED) is 0.852. The fourth-order valence-electron chi connectivity index (χ4n) is 2.36. The molecule has 1 saturated heterocycles. The van der Waals surface area contributed by atoms with Gasteiger partial charge in [-0.15, -0.1) is 12.4 Å². The number of hydrogen-bond donors (Lipinski definition) is 1. The second-order valence-electron chi connectivity index (χ2n) is 5.42. The molecule has 0 aromatic heterocycles. The average molecular weight is 382 g/mol. The van der Waals surface area contributed by atoms with E-state index in [0.717, 1.165) is 0 Å². The van der Waals surface area contributed by atoms with Crippen LogP contribution in [0.15, 0.2) is 29.2 Å². The number of rotatable bonds is 4. The van der Waals surface area contributed by atoms with E-state index in [1.54, 1.807) is 24.0 Å². The van der Waals surface area contributed by atoms with E-state index >= 15 is 0 Å². The summed E-state index contributed by atoms with van der Waals surface area (Å²) in [5.74, 6) is -0.0326. The molecule has 0 radical (unpaired) electrons. The average Bonchev–Trinajstić information content (AvgIpc) is 2.46. The van der Waals surface area contributed by atoms with E-state index in [0.29, 0.717) is 18.1 Å². The van der Waals surface area contributed by atoms with Gasteiger partial charge in [-0.05, 0) is 25.1 Å². The molecule has 1 fully saturated rings. The Labute approximate surface area is 148 Å². The van der Waals surface area contributed by atoms with Gasteiger partial charge in [0.15, 0.2) is 0 Å². The first kappa shape index (κ1) is 20.2. The molecule has 9 heteroatoms. The van der Waals surface area contributed by atoms with Crippen molar-refractivity contribution < 1.29 is 13.2 Å². The summed E-state index contributed by atoms with van der Waals surface area (Å²) < 4.78 is 26.5. The molecule has 23 heavy (non-hydrogen) atoms. The predicted octanol–water partition coefficient (Wildman–Crippen LogP) is 1.33. The molecule has 1 atom stereocenters. The molecule has 1 aliphatic heterocycles. The molecule has 0 bridgehead atoms. The second kappa shape index (κ2) is 8.30. The molecule has 1 amide bonds. The highest BCUT2D eigenvalue weighted by atomic mass is 35.5. The van der Waals surface area contributed by atoms with E-state index < -0.39 is 10.0 Å². The first-order valence-electron chi connectivity index (χ1n) is 7.10. The van der Waals surface area contributed by atoms with Gasteiger partial charge in [-0.2, -0.15) is 4.31 Å². The highest BCUT2D eigenvalue weighted by molar-refractivity contribution is 7.89. The lowest BCUT2D eigenvalue weighted by Gasteiger charge is -2.34. The Morgan fingerprint density at radius 2 is 1.91 bits per heavy atom. The Hall–Kier alpha value is -0.860. The lowest BCUT2D eigenvalue weighted by atomic mass is 10.2. The van der Waals surface area contributed by atoms with Crippen molar-refractivity contribution in [2.45, 2.75) is 24.3 Å². The Balaban J connectivity index is 0.00000264. The number of carbonyl (C=O) groups excluding carboxylic acids is 1. The van der Waals surface area contributed by atoms with Crippen molar-refractivity contribution in [2.75, 3.05) is 26.2 Å². The number of piperazine rings is 1. The van der Waals surface area contributed by atoms with Crippen LogP contribution in [0.1, 0.15) is 13.3 Å². The van der Waals surface area contributed by atoms with Gasteiger partial charge in [-0.1, -0.05) is 17.7 Å². The molecular weight excluding hydrogens is 361 g/mol. The van der Waals surface area contributed by atoms with Gasteiger partial charge in [0, 0.05) is 43.7 Å². The number of halogens is 2. The van der Waals surface area contributed by atoms with E-state index in [4.69, 9.17) is 17.3 Å². The van der Waals surface area contributed by atoms with Crippen LogP contribution in [-0.4, -0.2) is 55.8 Å². The third-order valence-corrected chi connectivity index (χ3v) is 5.65. The number of sulfonamides is 1. The normalized spacial score (nSPS) is 17.4. The van der Waals surface area contributed by atoms with Gasteiger partial charge in [0.25, 0.3) is 0 Å². The van der Waals surface area contributed by atoms with Gasteiger partial charge < -0.3 is 10.6 Å². The summed E-state index contributed by atoms with van der Waals surface area (Å²) in [6.45, 7) is 3.09. The van der Waals surface area contributed by atoms with Crippen LogP contribution in [0.2, 0.25) is 5.02 Å². The van der Waals surface area contributed by atoms with Crippen LogP contribution in [0, 0.1) is 0 Å². The molecule has 2 rings (SSSR count). The van der Waals surface area contributed by atoms with E-state index in [9.17, 15) is 13.2 Å². The van der Waals surface area contributed by atoms with Crippen LogP contribution in [0.5, 0.6) is 0 Å². The zero-order valence-corrected chi connectivity index (χ0v) is 15.2. The van der Waals surface area contributed by atoms with Gasteiger partial charge in [0.2, 0.25) is 15.9 Å². The maximum atomic E-state index is 12.5. The van der Waals surface area contributed by atoms with Gasteiger partial charge in [0.05, 0.1) is 4.90 Å². The first-order chi connectivity index (χ1) is 10.3. The molecule has 1 aromatic rings. The maximum absolute atomic E-state index is 12.5. The number of carbonyl (C=O) groups is 1. The minimum Gasteiger partial charge on any atom is -0.340 e. The molecule has 6 nitrogen and oxygen atoms in total. The van der Waals surface area contributed by atoms with Crippen LogP contribution in [-0.2, 0) is 14.8 Å². The number of nitrogens with zero attached hydrogens (tertiary/aromatic N) is 2. The predicted molar refractivity (Wildman–Crippen MR) is 92.3 cm³/mol. The molecule has 1 heterocycles. The number of nitrogens with two attached hydrogens (primary N) is 1. The summed E-state index contributed by atoms with van der Waals surface area (Å²) in [7, 11) is -3.57. The molecule has 1 aromatic carbocycles. The van der Waals surface area contributed by atoms with Crippen LogP contribution in [0.25, 0.3) is 0 Å². The standard InChI is InChI=1S/C14H20ClN3O3S.ClH/c1-11(16)9-14(19)17-5-7-18(8-6-17)22(20,21)13-4-2-3-12(15)10-13;/h2-4,10-11H,5-9,16H2,1H3;1H. The zero-order chi connectivity index (χ0) is 16.3. The van der Waals surface area contributed by atoms with Crippen molar-refractivity contribution in [3.63, 3.8) is 0 Å². The van der Waals surface area contributed by atoms with Crippen molar-refractivity contribution in [1.82, 2.24) is 9.21 Å². The summed E-state index contributed by atoms with van der Waals surface area (Å²) in [6.07, 6.45) is 0.279. The number of benzene rings is 1. The molecule has 1 unspecified atom stereocenters. The smallest absolute Gasteiger partial charge is 0.243 e. The highest BCUT2D eigenvalue weighted by Crippen LogP contribution is 2.21. The summed E-state index contributed by atoms with van der Waals surface area (Å²) in [5.41, 5.74) is 5.62. The van der Waals surface area contributed by atoms with Crippen LogP contribution < -0.4 is 5.73 Å². The van der Waals surface area contributed by atoms with Crippen molar-refractivity contribution in [2.24, 2.45) is 5.73 Å². The lowest BCUT2D eigenvalue weighted by molar-refractivity contribution is -0.132. The molecule has 0 spiro atoms. The molecular formula is C14H21Cl2N3O3S. The largest absolute Gasteiger partial charge is 0.340 e. The summed E-state index contributed by atoms with van der Waals surface area (Å²) in [5, 5.41) is 0.381. The molecule has 2 N–H and O–H groups in total. The summed E-state index contributed by atoms with van der Waals surface area (Å²) in [6, 6.07) is 6.00. The van der Waals surface area contributed by atoms with E-state index in [1.807, 2.05) is 0 Å². The van der Waals surface area contributed by atoms with Crippen LogP contribution in [0.4, 0.5) is 0 Å². The third kappa shape index (κ3) is 5.06. The first-order valence-corrected chi connectivity index (χ1v) is 8.91. The fourth-order valence-corrected chi connectivity index (χ4v) is 4.08. The fraction of sp³-hybridized carbons (Fsp3) is 0.500. The lowest BCUT2D eigenvalue weighted by Crippen LogP contribution is -2.51. The molecule has 1 aliphatic rings. The Bertz CT molecular complexity index is 644. The van der Waals surface area contributed by atoms with Gasteiger partial charge in [-0.3, -0.25) is 4.79 Å². The monoisotopic (exact) mass is 381 g/mol. The minimum absolute atomic E-state index is 0. The molecule has 0 aliphatic carbocycles.